The number of aliphatic hydroxyl groups excluding tert-OH is 1. The van der Waals surface area contributed by atoms with Crippen molar-refractivity contribution in [3.63, 3.8) is 0 Å². The van der Waals surface area contributed by atoms with Gasteiger partial charge < -0.3 is 14.8 Å². The zero-order valence-corrected chi connectivity index (χ0v) is 12.2. The number of halogens is 2. The Labute approximate surface area is 122 Å². The lowest BCUT2D eigenvalue weighted by Gasteiger charge is -2.36. The second-order valence-corrected chi connectivity index (χ2v) is 6.27. The zero-order chi connectivity index (χ0) is 14.4. The predicted octanol–water partition coefficient (Wildman–Crippen LogP) is 3.52. The van der Waals surface area contributed by atoms with Crippen LogP contribution in [0.15, 0.2) is 16.5 Å². The Morgan fingerprint density at radius 1 is 1.25 bits per heavy atom. The molecule has 0 aliphatic heterocycles. The number of aliphatic hydroxyl groups is 1. The van der Waals surface area contributed by atoms with Gasteiger partial charge in [0.2, 0.25) is 0 Å². The second kappa shape index (κ2) is 7.43. The van der Waals surface area contributed by atoms with E-state index in [1.807, 2.05) is 6.07 Å². The van der Waals surface area contributed by atoms with Gasteiger partial charge in [-0.1, -0.05) is 31.0 Å². The van der Waals surface area contributed by atoms with E-state index in [0.717, 1.165) is 31.4 Å². The molecule has 1 aromatic rings. The lowest BCUT2D eigenvalue weighted by Crippen LogP contribution is -2.49. The molecule has 1 fully saturated rings. The molecule has 1 saturated carbocycles. The fourth-order valence-corrected chi connectivity index (χ4v) is 3.08. The molecule has 0 bridgehead atoms. The first-order chi connectivity index (χ1) is 9.63. The Morgan fingerprint density at radius 2 is 1.95 bits per heavy atom. The lowest BCUT2D eigenvalue weighted by atomic mass is 9.82. The number of alkyl halides is 2. The van der Waals surface area contributed by atoms with E-state index in [4.69, 9.17) is 4.42 Å². The first-order valence-electron chi connectivity index (χ1n) is 6.97. The maximum atomic E-state index is 12.1. The van der Waals surface area contributed by atoms with Gasteiger partial charge in [0.1, 0.15) is 11.5 Å². The van der Waals surface area contributed by atoms with Gasteiger partial charge in [-0.25, -0.2) is 0 Å². The lowest BCUT2D eigenvalue weighted by molar-refractivity contribution is 0.117. The molecular weight excluding hydrogens is 284 g/mol. The molecule has 0 amide bonds. The number of furan rings is 1. The molecule has 0 unspecified atom stereocenters. The van der Waals surface area contributed by atoms with E-state index >= 15 is 0 Å². The molecule has 2 rings (SSSR count). The Kier molecular flexibility index (Phi) is 5.86. The molecular formula is C14H21F2NO2S. The van der Waals surface area contributed by atoms with Crippen LogP contribution in [-0.2, 0) is 12.3 Å². The topological polar surface area (TPSA) is 45.4 Å². The van der Waals surface area contributed by atoms with Crippen LogP contribution in [0.2, 0.25) is 0 Å². The van der Waals surface area contributed by atoms with Crippen molar-refractivity contribution in [2.75, 3.05) is 6.61 Å². The number of thioether (sulfide) groups is 1. The Balaban J connectivity index is 1.83. The van der Waals surface area contributed by atoms with Crippen LogP contribution in [0.4, 0.5) is 8.78 Å². The quantitative estimate of drug-likeness (QED) is 0.809. The van der Waals surface area contributed by atoms with Gasteiger partial charge in [0.15, 0.2) is 0 Å². The van der Waals surface area contributed by atoms with Crippen LogP contribution >= 0.6 is 11.8 Å². The molecule has 6 heteroatoms. The summed E-state index contributed by atoms with van der Waals surface area (Å²) in [4.78, 5) is 0. The smallest absolute Gasteiger partial charge is 0.284 e. The van der Waals surface area contributed by atoms with Crippen LogP contribution in [0.5, 0.6) is 0 Å². The number of nitrogens with one attached hydrogen (secondary N) is 1. The molecule has 0 aromatic carbocycles. The molecule has 1 aliphatic rings. The molecule has 1 heterocycles. The SMILES string of the molecule is OCC1(NCc2ccc(CSC(F)F)o2)CCCCC1. The van der Waals surface area contributed by atoms with Crippen LogP contribution in [0.25, 0.3) is 0 Å². The molecule has 1 aromatic heterocycles. The minimum absolute atomic E-state index is 0.127. The van der Waals surface area contributed by atoms with Gasteiger partial charge in [-0.3, -0.25) is 0 Å². The van der Waals surface area contributed by atoms with E-state index in [-0.39, 0.29) is 17.9 Å². The molecule has 0 atom stereocenters. The number of hydrogen-bond acceptors (Lipinski definition) is 4. The molecule has 0 spiro atoms. The molecule has 0 radical (unpaired) electrons. The fourth-order valence-electron chi connectivity index (χ4n) is 2.63. The summed E-state index contributed by atoms with van der Waals surface area (Å²) < 4.78 is 29.7. The van der Waals surface area contributed by atoms with Gasteiger partial charge >= 0.3 is 0 Å². The van der Waals surface area contributed by atoms with E-state index < -0.39 is 5.76 Å². The van der Waals surface area contributed by atoms with Crippen LogP contribution in [0, 0.1) is 0 Å². The average Bonchev–Trinajstić information content (AvgIpc) is 2.92. The fraction of sp³-hybridized carbons (Fsp3) is 0.714. The first-order valence-corrected chi connectivity index (χ1v) is 8.02. The van der Waals surface area contributed by atoms with Gasteiger partial charge in [0, 0.05) is 5.54 Å². The summed E-state index contributed by atoms with van der Waals surface area (Å²) in [7, 11) is 0. The van der Waals surface area contributed by atoms with Gasteiger partial charge in [-0.05, 0) is 25.0 Å². The Hall–Kier alpha value is -0.590. The molecule has 114 valence electrons. The molecule has 3 nitrogen and oxygen atoms in total. The third-order valence-corrected chi connectivity index (χ3v) is 4.52. The van der Waals surface area contributed by atoms with E-state index in [1.54, 1.807) is 6.07 Å². The van der Waals surface area contributed by atoms with Crippen LogP contribution in [-0.4, -0.2) is 23.0 Å². The van der Waals surface area contributed by atoms with E-state index in [2.05, 4.69) is 5.32 Å². The summed E-state index contributed by atoms with van der Waals surface area (Å²) in [5, 5.41) is 13.0. The normalized spacial score (nSPS) is 18.6. The molecule has 20 heavy (non-hydrogen) atoms. The van der Waals surface area contributed by atoms with Crippen molar-refractivity contribution in [3.05, 3.63) is 23.7 Å². The third-order valence-electron chi connectivity index (χ3n) is 3.82. The molecule has 0 saturated heterocycles. The largest absolute Gasteiger partial charge is 0.464 e. The highest BCUT2D eigenvalue weighted by Crippen LogP contribution is 2.28. The summed E-state index contributed by atoms with van der Waals surface area (Å²) in [6.07, 6.45) is 5.42. The van der Waals surface area contributed by atoms with Crippen molar-refractivity contribution >= 4 is 11.8 Å². The summed E-state index contributed by atoms with van der Waals surface area (Å²) in [6, 6.07) is 3.54. The predicted molar refractivity (Wildman–Crippen MR) is 75.7 cm³/mol. The van der Waals surface area contributed by atoms with E-state index in [0.29, 0.717) is 24.1 Å². The second-order valence-electron chi connectivity index (χ2n) is 5.29. The highest BCUT2D eigenvalue weighted by Gasteiger charge is 2.30. The Morgan fingerprint density at radius 3 is 2.60 bits per heavy atom. The van der Waals surface area contributed by atoms with Crippen LogP contribution < -0.4 is 5.32 Å². The highest BCUT2D eigenvalue weighted by molar-refractivity contribution is 7.98. The van der Waals surface area contributed by atoms with E-state index in [1.165, 1.54) is 6.42 Å². The maximum Gasteiger partial charge on any atom is 0.284 e. The molecule has 2 N–H and O–H groups in total. The summed E-state index contributed by atoms with van der Waals surface area (Å²) >= 11 is 0.560. The third kappa shape index (κ3) is 4.46. The van der Waals surface area contributed by atoms with Crippen molar-refractivity contribution in [1.82, 2.24) is 5.32 Å². The van der Waals surface area contributed by atoms with Crippen molar-refractivity contribution in [2.45, 2.75) is 55.7 Å². The van der Waals surface area contributed by atoms with Crippen LogP contribution in [0.1, 0.15) is 43.6 Å². The first kappa shape index (κ1) is 15.8. The minimum Gasteiger partial charge on any atom is -0.464 e. The average molecular weight is 305 g/mol. The highest BCUT2D eigenvalue weighted by atomic mass is 32.2. The van der Waals surface area contributed by atoms with E-state index in [9.17, 15) is 13.9 Å². The Bertz CT molecular complexity index is 406. The molecule has 1 aliphatic carbocycles. The van der Waals surface area contributed by atoms with Crippen molar-refractivity contribution < 1.29 is 18.3 Å². The van der Waals surface area contributed by atoms with Gasteiger partial charge in [0.05, 0.1) is 18.9 Å². The zero-order valence-electron chi connectivity index (χ0n) is 11.4. The monoisotopic (exact) mass is 305 g/mol. The summed E-state index contributed by atoms with van der Waals surface area (Å²) in [6.45, 7) is 0.654. The van der Waals surface area contributed by atoms with Crippen LogP contribution in [0.3, 0.4) is 0 Å². The van der Waals surface area contributed by atoms with Crippen molar-refractivity contribution in [1.29, 1.82) is 0 Å². The summed E-state index contributed by atoms with van der Waals surface area (Å²) in [5.41, 5.74) is -0.205. The van der Waals surface area contributed by atoms with Crippen molar-refractivity contribution in [3.8, 4) is 0 Å². The van der Waals surface area contributed by atoms with Gasteiger partial charge in [0.25, 0.3) is 5.76 Å². The maximum absolute atomic E-state index is 12.1. The van der Waals surface area contributed by atoms with Gasteiger partial charge in [-0.2, -0.15) is 8.78 Å². The minimum atomic E-state index is -2.37. The van der Waals surface area contributed by atoms with Crippen molar-refractivity contribution in [2.24, 2.45) is 0 Å². The summed E-state index contributed by atoms with van der Waals surface area (Å²) in [5.74, 6) is -0.897. The van der Waals surface area contributed by atoms with Gasteiger partial charge in [-0.15, -0.1) is 0 Å². The number of rotatable bonds is 7. The standard InChI is InChI=1S/C14H21F2NO2S/c15-13(16)20-9-12-5-4-11(19-12)8-17-14(10-18)6-2-1-3-7-14/h4-5,13,17-18H,1-3,6-10H2. The number of hydrogen-bond donors (Lipinski definition) is 2.